The fourth-order valence-corrected chi connectivity index (χ4v) is 1.99. The van der Waals surface area contributed by atoms with E-state index in [0.29, 0.717) is 6.29 Å². The van der Waals surface area contributed by atoms with Crippen molar-refractivity contribution in [2.24, 2.45) is 0 Å². The quantitative estimate of drug-likeness (QED) is 0.784. The zero-order valence-electron chi connectivity index (χ0n) is 9.14. The molecule has 3 nitrogen and oxygen atoms in total. The van der Waals surface area contributed by atoms with Gasteiger partial charge in [-0.25, -0.2) is 9.37 Å². The lowest BCUT2D eigenvalue weighted by molar-refractivity contribution is 0.111. The zero-order chi connectivity index (χ0) is 12.3. The molecule has 0 saturated heterocycles. The van der Waals surface area contributed by atoms with Crippen molar-refractivity contribution in [3.8, 4) is 5.75 Å². The molecule has 5 heteroatoms. The van der Waals surface area contributed by atoms with Crippen LogP contribution < -0.4 is 4.74 Å². The van der Waals surface area contributed by atoms with Gasteiger partial charge in [0.05, 0.1) is 16.3 Å². The van der Waals surface area contributed by atoms with Crippen LogP contribution in [0.5, 0.6) is 5.75 Å². The fraction of sp³-hybridized carbons (Fsp3) is 0.167. The molecule has 88 valence electrons. The van der Waals surface area contributed by atoms with Crippen LogP contribution in [0.3, 0.4) is 0 Å². The number of ether oxygens (including phenoxy) is 1. The summed E-state index contributed by atoms with van der Waals surface area (Å²) in [6.45, 7) is 2.04. The molecular formula is C12H10FNO2S. The second-order valence-electron chi connectivity index (χ2n) is 3.42. The largest absolute Gasteiger partial charge is 0.483 e. The smallest absolute Gasteiger partial charge is 0.166 e. The van der Waals surface area contributed by atoms with E-state index in [2.05, 4.69) is 4.98 Å². The van der Waals surface area contributed by atoms with Crippen molar-refractivity contribution in [2.75, 3.05) is 0 Å². The Labute approximate surface area is 102 Å². The molecule has 0 atom stereocenters. The lowest BCUT2D eigenvalue weighted by Crippen LogP contribution is -2.00. The number of para-hydroxylation sites is 1. The maximum Gasteiger partial charge on any atom is 0.166 e. The van der Waals surface area contributed by atoms with Gasteiger partial charge in [0.2, 0.25) is 0 Å². The van der Waals surface area contributed by atoms with Gasteiger partial charge in [0.15, 0.2) is 17.9 Å². The van der Waals surface area contributed by atoms with E-state index in [1.165, 1.54) is 29.5 Å². The van der Waals surface area contributed by atoms with E-state index in [1.807, 2.05) is 12.3 Å². The topological polar surface area (TPSA) is 39.2 Å². The summed E-state index contributed by atoms with van der Waals surface area (Å²) >= 11 is 1.50. The number of benzene rings is 1. The van der Waals surface area contributed by atoms with Crippen molar-refractivity contribution >= 4 is 17.6 Å². The number of carbonyl (C=O) groups is 1. The Morgan fingerprint density at radius 3 is 3.00 bits per heavy atom. The SMILES string of the molecule is Cc1nc(COc2c(F)cccc2C=O)cs1. The predicted molar refractivity (Wildman–Crippen MR) is 63.0 cm³/mol. The number of thiazole rings is 1. The van der Waals surface area contributed by atoms with Gasteiger partial charge >= 0.3 is 0 Å². The Morgan fingerprint density at radius 1 is 1.53 bits per heavy atom. The second-order valence-corrected chi connectivity index (χ2v) is 4.48. The molecule has 1 aromatic heterocycles. The number of aromatic nitrogens is 1. The van der Waals surface area contributed by atoms with Gasteiger partial charge in [-0.3, -0.25) is 4.79 Å². The molecule has 0 unspecified atom stereocenters. The van der Waals surface area contributed by atoms with E-state index in [9.17, 15) is 9.18 Å². The third kappa shape index (κ3) is 2.68. The highest BCUT2D eigenvalue weighted by molar-refractivity contribution is 7.09. The Bertz CT molecular complexity index is 539. The zero-order valence-corrected chi connectivity index (χ0v) is 9.96. The lowest BCUT2D eigenvalue weighted by Gasteiger charge is -2.07. The average Bonchev–Trinajstić information content (AvgIpc) is 2.73. The molecule has 17 heavy (non-hydrogen) atoms. The number of halogens is 1. The molecule has 2 aromatic rings. The van der Waals surface area contributed by atoms with Crippen LogP contribution in [0.25, 0.3) is 0 Å². The molecule has 0 spiro atoms. The number of aldehydes is 1. The van der Waals surface area contributed by atoms with Gasteiger partial charge in [-0.1, -0.05) is 6.07 Å². The predicted octanol–water partition coefficient (Wildman–Crippen LogP) is 2.98. The number of hydrogen-bond donors (Lipinski definition) is 0. The van der Waals surface area contributed by atoms with Crippen molar-refractivity contribution in [3.63, 3.8) is 0 Å². The van der Waals surface area contributed by atoms with Crippen LogP contribution >= 0.6 is 11.3 Å². The van der Waals surface area contributed by atoms with E-state index in [-0.39, 0.29) is 17.9 Å². The van der Waals surface area contributed by atoms with Crippen LogP contribution in [-0.4, -0.2) is 11.3 Å². The summed E-state index contributed by atoms with van der Waals surface area (Å²) in [7, 11) is 0. The van der Waals surface area contributed by atoms with Crippen LogP contribution in [0.1, 0.15) is 21.1 Å². The number of carbonyl (C=O) groups excluding carboxylic acids is 1. The van der Waals surface area contributed by atoms with Crippen LogP contribution in [0, 0.1) is 12.7 Å². The van der Waals surface area contributed by atoms with Crippen LogP contribution in [-0.2, 0) is 6.61 Å². The minimum absolute atomic E-state index is 0.0202. The minimum Gasteiger partial charge on any atom is -0.483 e. The maximum atomic E-state index is 13.4. The number of rotatable bonds is 4. The first kappa shape index (κ1) is 11.7. The van der Waals surface area contributed by atoms with Crippen LogP contribution in [0.4, 0.5) is 4.39 Å². The Kier molecular flexibility index (Phi) is 3.49. The standard InChI is InChI=1S/C12H10FNO2S/c1-8-14-10(7-17-8)6-16-12-9(5-15)3-2-4-11(12)13/h2-5,7H,6H2,1H3. The molecule has 0 N–H and O–H groups in total. The first-order valence-corrected chi connectivity index (χ1v) is 5.86. The van der Waals surface area contributed by atoms with E-state index >= 15 is 0 Å². The first-order chi connectivity index (χ1) is 8.20. The van der Waals surface area contributed by atoms with E-state index in [1.54, 1.807) is 0 Å². The molecule has 2 rings (SSSR count). The average molecular weight is 251 g/mol. The summed E-state index contributed by atoms with van der Waals surface area (Å²) in [4.78, 5) is 14.9. The van der Waals surface area contributed by atoms with Crippen molar-refractivity contribution in [1.82, 2.24) is 4.98 Å². The third-order valence-electron chi connectivity index (χ3n) is 2.16. The van der Waals surface area contributed by atoms with Crippen molar-refractivity contribution in [1.29, 1.82) is 0 Å². The van der Waals surface area contributed by atoms with Gasteiger partial charge in [-0.2, -0.15) is 0 Å². The highest BCUT2D eigenvalue weighted by atomic mass is 32.1. The van der Waals surface area contributed by atoms with Crippen molar-refractivity contribution in [2.45, 2.75) is 13.5 Å². The molecule has 1 aromatic carbocycles. The second kappa shape index (κ2) is 5.05. The van der Waals surface area contributed by atoms with Gasteiger partial charge in [-0.05, 0) is 19.1 Å². The molecule has 0 aliphatic carbocycles. The Balaban J connectivity index is 2.16. The molecule has 1 heterocycles. The van der Waals surface area contributed by atoms with Gasteiger partial charge in [0, 0.05) is 5.38 Å². The minimum atomic E-state index is -0.540. The molecule has 0 aliphatic heterocycles. The number of aryl methyl sites for hydroxylation is 1. The first-order valence-electron chi connectivity index (χ1n) is 4.98. The molecule has 0 bridgehead atoms. The maximum absolute atomic E-state index is 13.4. The summed E-state index contributed by atoms with van der Waals surface area (Å²) in [5.41, 5.74) is 0.935. The molecule has 0 amide bonds. The van der Waals surface area contributed by atoms with E-state index in [4.69, 9.17) is 4.74 Å². The van der Waals surface area contributed by atoms with Gasteiger partial charge in [0.25, 0.3) is 0 Å². The summed E-state index contributed by atoms with van der Waals surface area (Å²) in [5.74, 6) is -0.560. The number of hydrogen-bond acceptors (Lipinski definition) is 4. The molecule has 0 fully saturated rings. The molecule has 0 radical (unpaired) electrons. The van der Waals surface area contributed by atoms with E-state index < -0.39 is 5.82 Å². The van der Waals surface area contributed by atoms with E-state index in [0.717, 1.165) is 10.7 Å². The van der Waals surface area contributed by atoms with Crippen LogP contribution in [0.2, 0.25) is 0 Å². The highest BCUT2D eigenvalue weighted by Crippen LogP contribution is 2.22. The van der Waals surface area contributed by atoms with Crippen molar-refractivity contribution < 1.29 is 13.9 Å². The highest BCUT2D eigenvalue weighted by Gasteiger charge is 2.10. The summed E-state index contributed by atoms with van der Waals surface area (Å²) in [6.07, 6.45) is 0.574. The van der Waals surface area contributed by atoms with Gasteiger partial charge < -0.3 is 4.74 Å². The molecule has 0 aliphatic rings. The molecular weight excluding hydrogens is 241 g/mol. The fourth-order valence-electron chi connectivity index (χ4n) is 1.39. The van der Waals surface area contributed by atoms with Gasteiger partial charge in [-0.15, -0.1) is 11.3 Å². The van der Waals surface area contributed by atoms with Crippen LogP contribution in [0.15, 0.2) is 23.6 Å². The third-order valence-corrected chi connectivity index (χ3v) is 2.98. The Hall–Kier alpha value is -1.75. The summed E-state index contributed by atoms with van der Waals surface area (Å²) in [5, 5.41) is 2.77. The van der Waals surface area contributed by atoms with Gasteiger partial charge in [0.1, 0.15) is 6.61 Å². The lowest BCUT2D eigenvalue weighted by atomic mass is 10.2. The Morgan fingerprint density at radius 2 is 2.35 bits per heavy atom. The monoisotopic (exact) mass is 251 g/mol. The normalized spacial score (nSPS) is 10.2. The summed E-state index contributed by atoms with van der Waals surface area (Å²) < 4.78 is 18.7. The van der Waals surface area contributed by atoms with Crippen molar-refractivity contribution in [3.05, 3.63) is 45.7 Å². The summed E-state index contributed by atoms with van der Waals surface area (Å²) in [6, 6.07) is 4.24. The molecule has 0 saturated carbocycles. The number of nitrogens with zero attached hydrogens (tertiary/aromatic N) is 1.